The standard InChI is InChI=1S/2C31H37BN3.C20H28N.C19H26N/c1-20(2)25-15-11-16-26(21(3)4)29(25)32-34-19-18-33(8)31(34)28-22(5)12-10-17-27(28)35(32)30-23(6)13-9-14-24(30)7;1-20(2)25-15-11-16-26(21(3)4)30(25)35-27-17-10-12-22(5)28(27)31-33(8)18-19-34(31)32(35)29-23(6)13-9-14-24(29)7;1-13(2)18-11-20(21(7)12-19(18)14(3)4)17-9-8-15(5)10-16(17)6;1-13-8-9-16(14(2)10-13)18-11-17(19(4,5)6)15(3)12-20(18)7/h2*9-21H,1-8H3;8-14H,1-7H3;8-12H,1-7H3/q4*+1/i;;;1D3,3D2. The highest BCUT2D eigenvalue weighted by atomic mass is 15.3. The van der Waals surface area contributed by atoms with E-state index in [0.29, 0.717) is 46.6 Å². The molecule has 2 aliphatic rings. The highest BCUT2D eigenvalue weighted by Gasteiger charge is 2.50. The van der Waals surface area contributed by atoms with Crippen LogP contribution in [0.25, 0.3) is 45.3 Å². The zero-order valence-corrected chi connectivity index (χ0v) is 72.2. The molecule has 12 aromatic rings. The maximum atomic E-state index is 7.84. The lowest BCUT2D eigenvalue weighted by Gasteiger charge is -2.38. The highest BCUT2D eigenvalue weighted by Crippen LogP contribution is 2.47. The molecule has 111 heavy (non-hydrogen) atoms. The van der Waals surface area contributed by atoms with Crippen LogP contribution in [0.5, 0.6) is 0 Å². The van der Waals surface area contributed by atoms with Crippen molar-refractivity contribution in [1.82, 2.24) is 9.13 Å². The minimum absolute atomic E-state index is 0.0244. The van der Waals surface area contributed by atoms with Gasteiger partial charge in [-0.05, 0) is 219 Å². The van der Waals surface area contributed by atoms with Crippen molar-refractivity contribution < 1.29 is 24.9 Å². The summed E-state index contributed by atoms with van der Waals surface area (Å²) in [5.41, 5.74) is 37.0. The normalized spacial score (nSPS) is 13.3. The Morgan fingerprint density at radius 1 is 0.369 bits per heavy atom. The number of para-hydroxylation sites is 2. The van der Waals surface area contributed by atoms with E-state index in [2.05, 4.69) is 377 Å². The number of imidazole rings is 2. The molecule has 0 amide bonds. The maximum absolute atomic E-state index is 7.84. The van der Waals surface area contributed by atoms with Crippen LogP contribution in [0.1, 0.15) is 246 Å². The third-order valence-electron chi connectivity index (χ3n) is 23.1. The molecule has 0 fully saturated rings. The lowest BCUT2D eigenvalue weighted by atomic mass is 9.57. The van der Waals surface area contributed by atoms with Gasteiger partial charge in [0.25, 0.3) is 11.6 Å². The number of aromatic nitrogens is 6. The number of aryl methyl sites for hydroxylation is 15. The fraction of sp³-hybridized carbons (Fsp3) is 0.366. The second-order valence-corrected chi connectivity index (χ2v) is 34.7. The van der Waals surface area contributed by atoms with E-state index < -0.39 is 13.7 Å². The summed E-state index contributed by atoms with van der Waals surface area (Å²) >= 11 is 0. The predicted octanol–water partition coefficient (Wildman–Crippen LogP) is 22.5. The minimum atomic E-state index is -2.12. The van der Waals surface area contributed by atoms with Crippen LogP contribution in [0.15, 0.2) is 195 Å². The van der Waals surface area contributed by atoms with E-state index in [-0.39, 0.29) is 19.4 Å². The molecule has 0 spiro atoms. The summed E-state index contributed by atoms with van der Waals surface area (Å²) in [6, 6.07) is 57.1. The van der Waals surface area contributed by atoms with E-state index in [9.17, 15) is 0 Å². The van der Waals surface area contributed by atoms with Crippen LogP contribution in [-0.4, -0.2) is 23.1 Å². The molecule has 6 heterocycles. The van der Waals surface area contributed by atoms with E-state index in [1.807, 2.05) is 36.9 Å². The zero-order chi connectivity index (χ0) is 84.9. The SMILES string of the molecule is Cc1ccc(-c2cc(C(C)C)c(C(C)C)c[n+]2C)c(C)c1.Cc1cccc(C)c1B1N(c2c(C(C)C)cccc2C(C)C)c2cccc(C)c2-c2n(C)cc[n+]21.Cc1cccc2c1-c1n(C)cc[n+]1B(c1c(C(C)C)cccc1C(C)C)N2c1c(C)cccc1C.[2H]C([2H])c1c[n+](C)c(-c2ccc(C([2H])([2H])[2H])cc2C)cc1C(C)(C)C. The summed E-state index contributed by atoms with van der Waals surface area (Å²) in [6.45, 7) is 50.5. The van der Waals surface area contributed by atoms with Gasteiger partial charge in [-0.25, -0.2) is 18.3 Å². The second-order valence-electron chi connectivity index (χ2n) is 34.7. The molecule has 4 aromatic heterocycles. The minimum Gasteiger partial charge on any atom is -0.338 e. The van der Waals surface area contributed by atoms with Gasteiger partial charge in [0.15, 0.2) is 12.4 Å². The molecule has 0 aliphatic carbocycles. The van der Waals surface area contributed by atoms with E-state index in [4.69, 9.17) is 6.85 Å². The van der Waals surface area contributed by atoms with Gasteiger partial charge in [0.05, 0.1) is 25.2 Å². The molecule has 8 nitrogen and oxygen atoms in total. The van der Waals surface area contributed by atoms with Crippen molar-refractivity contribution in [2.45, 2.75) is 221 Å². The van der Waals surface area contributed by atoms with E-state index in [1.54, 1.807) is 12.1 Å². The molecule has 0 saturated heterocycles. The molecule has 0 atom stereocenters. The molecule has 0 saturated carbocycles. The Morgan fingerprint density at radius 3 is 1.20 bits per heavy atom. The first-order valence-corrected chi connectivity index (χ1v) is 40.5. The van der Waals surface area contributed by atoms with Crippen molar-refractivity contribution in [3.8, 4) is 45.3 Å². The van der Waals surface area contributed by atoms with Crippen LogP contribution >= 0.6 is 0 Å². The summed E-state index contributed by atoms with van der Waals surface area (Å²) in [5, 5.41) is 0. The van der Waals surface area contributed by atoms with Crippen LogP contribution < -0.4 is 38.6 Å². The summed E-state index contributed by atoms with van der Waals surface area (Å²) in [4.78, 5) is 5.27. The Morgan fingerprint density at radius 2 is 0.757 bits per heavy atom. The van der Waals surface area contributed by atoms with Gasteiger partial charge < -0.3 is 9.62 Å². The topological polar surface area (TPSA) is 31.9 Å². The highest BCUT2D eigenvalue weighted by molar-refractivity contribution is 6.73. The first kappa shape index (κ1) is 75.3. The Kier molecular flexibility index (Phi) is 22.5. The molecule has 574 valence electrons. The monoisotopic (exact) mass is 1480 g/mol. The fourth-order valence-electron chi connectivity index (χ4n) is 17.5. The summed E-state index contributed by atoms with van der Waals surface area (Å²) < 4.78 is 52.1. The fourth-order valence-corrected chi connectivity index (χ4v) is 17.5. The number of rotatable bonds is 12. The van der Waals surface area contributed by atoms with Crippen LogP contribution in [-0.2, 0) is 33.6 Å². The number of pyridine rings is 2. The second kappa shape index (κ2) is 33.3. The van der Waals surface area contributed by atoms with E-state index in [0.717, 1.165) is 22.4 Å². The van der Waals surface area contributed by atoms with Crippen molar-refractivity contribution in [3.63, 3.8) is 0 Å². The Balaban J connectivity index is 0.000000155. The average molecular weight is 1480 g/mol. The Hall–Kier alpha value is -9.79. The van der Waals surface area contributed by atoms with Crippen LogP contribution in [0, 0.1) is 76.0 Å². The molecular formula is C101H128B2N8+4. The van der Waals surface area contributed by atoms with Crippen molar-refractivity contribution in [2.75, 3.05) is 9.62 Å². The number of hydrogen-bond acceptors (Lipinski definition) is 2. The van der Waals surface area contributed by atoms with Crippen molar-refractivity contribution in [3.05, 3.63) is 295 Å². The summed E-state index contributed by atoms with van der Waals surface area (Å²) in [7, 11) is 8.39. The Bertz CT molecular complexity index is 5520. The van der Waals surface area contributed by atoms with Gasteiger partial charge in [-0.3, -0.25) is 8.96 Å². The largest absolute Gasteiger partial charge is 0.542 e. The van der Waals surface area contributed by atoms with Gasteiger partial charge in [-0.2, -0.15) is 0 Å². The number of anilines is 4. The molecule has 2 aliphatic heterocycles. The van der Waals surface area contributed by atoms with Crippen molar-refractivity contribution >= 4 is 47.6 Å². The predicted molar refractivity (Wildman–Crippen MR) is 475 cm³/mol. The summed E-state index contributed by atoms with van der Waals surface area (Å²) in [5.74, 6) is 5.31. The van der Waals surface area contributed by atoms with Crippen LogP contribution in [0.2, 0.25) is 0 Å². The van der Waals surface area contributed by atoms with Gasteiger partial charge in [-0.15, -0.1) is 0 Å². The molecular weight excluding hydrogens is 1350 g/mol. The molecule has 10 heteroatoms. The van der Waals surface area contributed by atoms with Crippen molar-refractivity contribution in [2.24, 2.45) is 28.2 Å². The zero-order valence-electron chi connectivity index (χ0n) is 77.2. The molecule has 0 bridgehead atoms. The van der Waals surface area contributed by atoms with Crippen LogP contribution in [0.4, 0.5) is 22.7 Å². The third-order valence-corrected chi connectivity index (χ3v) is 23.1. The van der Waals surface area contributed by atoms with E-state index in [1.165, 1.54) is 146 Å². The summed E-state index contributed by atoms with van der Waals surface area (Å²) in [6.07, 6.45) is 13.1. The smallest absolute Gasteiger partial charge is 0.338 e. The molecule has 0 radical (unpaired) electrons. The van der Waals surface area contributed by atoms with E-state index >= 15 is 0 Å². The van der Waals surface area contributed by atoms with Gasteiger partial charge in [0.1, 0.15) is 38.9 Å². The number of hydrogen-bond donors (Lipinski definition) is 0. The lowest BCUT2D eigenvalue weighted by Crippen LogP contribution is -2.71. The molecule has 14 rings (SSSR count). The molecule has 0 N–H and O–H groups in total. The van der Waals surface area contributed by atoms with Gasteiger partial charge in [0.2, 0.25) is 11.4 Å². The number of benzene rings is 8. The lowest BCUT2D eigenvalue weighted by molar-refractivity contribution is -0.661. The molecule has 8 aromatic carbocycles. The van der Waals surface area contributed by atoms with Gasteiger partial charge >= 0.3 is 14.0 Å². The Labute approximate surface area is 676 Å². The first-order valence-electron chi connectivity index (χ1n) is 43.1. The van der Waals surface area contributed by atoms with Gasteiger partial charge in [-0.1, -0.05) is 236 Å². The van der Waals surface area contributed by atoms with Crippen LogP contribution in [0.3, 0.4) is 0 Å². The quantitative estimate of drug-likeness (QED) is 0.0902. The number of nitrogens with zero attached hydrogens (tertiary/aromatic N) is 8. The maximum Gasteiger partial charge on any atom is 0.542 e. The molecule has 0 unspecified atom stereocenters. The third kappa shape index (κ3) is 16.2. The first-order chi connectivity index (χ1) is 54.6. The van der Waals surface area contributed by atoms with Crippen molar-refractivity contribution in [1.29, 1.82) is 0 Å². The number of fused-ring (bicyclic) bond motifs is 6. The average Bonchev–Trinajstić information content (AvgIpc) is 1.34. The van der Waals surface area contributed by atoms with Gasteiger partial charge in [0, 0.05) is 74.9 Å².